The van der Waals surface area contributed by atoms with Crippen LogP contribution in [0.4, 0.5) is 0 Å². The van der Waals surface area contributed by atoms with E-state index < -0.39 is 35.7 Å². The first-order valence-corrected chi connectivity index (χ1v) is 13.1. The molecular weight excluding hydrogens is 537 g/mol. The molecule has 0 aliphatic carbocycles. The Hall–Kier alpha value is -4.06. The fourth-order valence-corrected chi connectivity index (χ4v) is 3.86. The van der Waals surface area contributed by atoms with E-state index in [1.165, 1.54) is 25.2 Å². The van der Waals surface area contributed by atoms with Gasteiger partial charge in [-0.25, -0.2) is 0 Å². The van der Waals surface area contributed by atoms with Gasteiger partial charge >= 0.3 is 134 Å². The topological polar surface area (TPSA) is 163 Å². The average molecular weight is 570 g/mol. The second-order valence-corrected chi connectivity index (χ2v) is 9.70. The summed E-state index contributed by atoms with van der Waals surface area (Å²) >= 11 is 6.00. The van der Waals surface area contributed by atoms with Crippen molar-refractivity contribution in [3.05, 3.63) is 64.7 Å². The predicted octanol–water partition coefficient (Wildman–Crippen LogP) is -0.135. The van der Waals surface area contributed by atoms with Gasteiger partial charge in [0.15, 0.2) is 0 Å². The first-order chi connectivity index (χ1) is 19.0. The van der Waals surface area contributed by atoms with Crippen LogP contribution >= 0.6 is 11.6 Å². The van der Waals surface area contributed by atoms with Crippen molar-refractivity contribution in [3.8, 4) is 0 Å². The fourth-order valence-electron chi connectivity index (χ4n) is 3.64. The third kappa shape index (κ3) is 10.3. The summed E-state index contributed by atoms with van der Waals surface area (Å²) in [5, 5.41) is 13.0. The van der Waals surface area contributed by atoms with Gasteiger partial charge in [-0.3, -0.25) is 14.4 Å². The van der Waals surface area contributed by atoms with Crippen molar-refractivity contribution < 1.29 is 28.7 Å². The second kappa shape index (κ2) is 16.1. The molecular formula is C27H33BClN5O6. The summed E-state index contributed by atoms with van der Waals surface area (Å²) in [4.78, 5) is 62.3. The Morgan fingerprint density at radius 3 is 2.20 bits per heavy atom. The van der Waals surface area contributed by atoms with Crippen molar-refractivity contribution in [1.29, 1.82) is 0 Å². The number of rotatable bonds is 14. The van der Waals surface area contributed by atoms with Crippen LogP contribution < -0.4 is 32.0 Å². The number of nitrogens with one attached hydrogen (secondary N) is 5. The molecule has 212 valence electrons. The summed E-state index contributed by atoms with van der Waals surface area (Å²) in [5.74, 6) is -2.69. The van der Waals surface area contributed by atoms with Crippen molar-refractivity contribution in [2.24, 2.45) is 5.92 Å². The molecule has 40 heavy (non-hydrogen) atoms. The molecule has 0 saturated carbocycles. The van der Waals surface area contributed by atoms with E-state index in [9.17, 15) is 28.7 Å². The van der Waals surface area contributed by atoms with Crippen LogP contribution in [-0.2, 0) is 30.3 Å². The molecule has 2 rings (SSSR count). The van der Waals surface area contributed by atoms with Gasteiger partial charge in [-0.1, -0.05) is 30.3 Å². The molecule has 0 aliphatic rings. The molecule has 0 fully saturated rings. The van der Waals surface area contributed by atoms with Gasteiger partial charge in [-0.2, -0.15) is 0 Å². The van der Waals surface area contributed by atoms with Gasteiger partial charge in [0, 0.05) is 13.5 Å². The Balaban J connectivity index is 1.95. The van der Waals surface area contributed by atoms with Crippen LogP contribution in [0.25, 0.3) is 0 Å². The van der Waals surface area contributed by atoms with Crippen LogP contribution in [-0.4, -0.2) is 68.9 Å². The zero-order valence-electron chi connectivity index (χ0n) is 22.6. The third-order valence-electron chi connectivity index (χ3n) is 5.91. The Kier molecular flexibility index (Phi) is 13.0. The van der Waals surface area contributed by atoms with Crippen LogP contribution in [0.3, 0.4) is 0 Å². The molecule has 0 spiro atoms. The van der Waals surface area contributed by atoms with Crippen LogP contribution in [0.5, 0.6) is 0 Å². The van der Waals surface area contributed by atoms with Crippen molar-refractivity contribution in [2.75, 3.05) is 20.1 Å². The number of amides is 5. The number of benzene rings is 2. The van der Waals surface area contributed by atoms with Crippen molar-refractivity contribution in [1.82, 2.24) is 26.6 Å². The van der Waals surface area contributed by atoms with Gasteiger partial charge in [0.2, 0.25) is 11.8 Å². The van der Waals surface area contributed by atoms with E-state index in [2.05, 4.69) is 26.6 Å². The SMILES string of the molecule is CNC(=O)CNC(=O)[C@H](Cc1ccccc1)NC(=O)CCNC(=O)[C@@H](NC(=O)c1ccc(B=O)c(Cl)c1)C(C)C. The van der Waals surface area contributed by atoms with Gasteiger partial charge < -0.3 is 16.0 Å². The van der Waals surface area contributed by atoms with E-state index in [1.54, 1.807) is 13.8 Å². The number of hydrogen-bond acceptors (Lipinski definition) is 6. The molecule has 5 amide bonds. The van der Waals surface area contributed by atoms with Gasteiger partial charge in [-0.15, -0.1) is 0 Å². The van der Waals surface area contributed by atoms with E-state index in [-0.39, 0.29) is 53.8 Å². The van der Waals surface area contributed by atoms with Gasteiger partial charge in [0.25, 0.3) is 0 Å². The summed E-state index contributed by atoms with van der Waals surface area (Å²) in [6.07, 6.45) is 0.0824. The first-order valence-electron chi connectivity index (χ1n) is 12.7. The zero-order chi connectivity index (χ0) is 29.7. The predicted molar refractivity (Wildman–Crippen MR) is 150 cm³/mol. The minimum atomic E-state index is -0.935. The molecule has 0 bridgehead atoms. The Labute approximate surface area is 238 Å². The molecule has 0 unspecified atom stereocenters. The van der Waals surface area contributed by atoms with E-state index in [0.29, 0.717) is 7.15 Å². The normalized spacial score (nSPS) is 11.9. The van der Waals surface area contributed by atoms with Crippen LogP contribution in [0.15, 0.2) is 48.5 Å². The quantitative estimate of drug-likeness (QED) is 0.199. The Morgan fingerprint density at radius 2 is 1.60 bits per heavy atom. The molecule has 5 N–H and O–H groups in total. The molecule has 11 nitrogen and oxygen atoms in total. The molecule has 2 aromatic rings. The molecule has 0 aliphatic heterocycles. The van der Waals surface area contributed by atoms with Crippen molar-refractivity contribution >= 4 is 53.7 Å². The number of likely N-dealkylation sites (N-methyl/N-ethyl adjacent to an activating group) is 1. The monoisotopic (exact) mass is 569 g/mol. The van der Waals surface area contributed by atoms with Gasteiger partial charge in [-0.05, 0) is 5.56 Å². The van der Waals surface area contributed by atoms with Crippen molar-refractivity contribution in [2.45, 2.75) is 38.8 Å². The Bertz CT molecular complexity index is 1230. The summed E-state index contributed by atoms with van der Waals surface area (Å²) in [6, 6.07) is 11.4. The average Bonchev–Trinajstić information content (AvgIpc) is 2.94. The molecule has 0 saturated heterocycles. The van der Waals surface area contributed by atoms with Crippen LogP contribution in [0, 0.1) is 5.92 Å². The minimum absolute atomic E-state index is 0.0401. The third-order valence-corrected chi connectivity index (χ3v) is 6.24. The van der Waals surface area contributed by atoms with E-state index in [0.717, 1.165) is 5.56 Å². The summed E-state index contributed by atoms with van der Waals surface area (Å²) in [7, 11) is 2.02. The maximum atomic E-state index is 12.8. The molecule has 0 heterocycles. The Morgan fingerprint density at radius 1 is 0.900 bits per heavy atom. The second-order valence-electron chi connectivity index (χ2n) is 9.29. The standard InChI is InChI=1S/C27H33BClN5O6/c1-16(2)24(34-25(37)18-9-10-19(28-40)20(29)14-18)27(39)31-12-11-22(35)33-21(13-17-7-5-4-6-8-17)26(38)32-15-23(36)30-3/h4-10,14,16,21,24H,11-13,15H2,1-3H3,(H,30,36)(H,31,39)(H,32,38)(H,33,35)(H,34,37)/t21-,24-/m0/s1. The van der Waals surface area contributed by atoms with E-state index >= 15 is 0 Å². The van der Waals surface area contributed by atoms with Gasteiger partial charge in [0.05, 0.1) is 6.54 Å². The first kappa shape index (κ1) is 32.2. The summed E-state index contributed by atoms with van der Waals surface area (Å²) < 4.78 is 11.0. The summed E-state index contributed by atoms with van der Waals surface area (Å²) in [5.41, 5.74) is 1.24. The maximum absolute atomic E-state index is 12.8. The van der Waals surface area contributed by atoms with Crippen molar-refractivity contribution in [3.63, 3.8) is 0 Å². The molecule has 13 heteroatoms. The van der Waals surface area contributed by atoms with Crippen LogP contribution in [0.2, 0.25) is 5.02 Å². The fraction of sp³-hybridized carbons (Fsp3) is 0.370. The molecule has 0 radical (unpaired) electrons. The number of carbonyl (C=O) groups is 5. The zero-order valence-corrected chi connectivity index (χ0v) is 23.3. The summed E-state index contributed by atoms with van der Waals surface area (Å²) in [6.45, 7) is 3.24. The number of carbonyl (C=O) groups excluding carboxylic acids is 5. The molecule has 2 aromatic carbocycles. The van der Waals surface area contributed by atoms with E-state index in [4.69, 9.17) is 11.6 Å². The number of halogens is 1. The van der Waals surface area contributed by atoms with Crippen LogP contribution in [0.1, 0.15) is 36.2 Å². The molecule has 0 aromatic heterocycles. The van der Waals surface area contributed by atoms with E-state index in [1.807, 2.05) is 30.3 Å². The number of hydrogen-bond donors (Lipinski definition) is 5. The molecule has 2 atom stereocenters. The van der Waals surface area contributed by atoms with Gasteiger partial charge in [0.1, 0.15) is 6.04 Å².